The van der Waals surface area contributed by atoms with Crippen LogP contribution in [0, 0.1) is 0 Å². The highest BCUT2D eigenvalue weighted by atomic mass is 32.2. The molecule has 0 atom stereocenters. The Kier molecular flexibility index (Phi) is 4.39. The number of nitrogens with zero attached hydrogens (tertiary/aromatic N) is 1. The Morgan fingerprint density at radius 1 is 1.05 bits per heavy atom. The lowest BCUT2D eigenvalue weighted by Gasteiger charge is -2.09. The summed E-state index contributed by atoms with van der Waals surface area (Å²) in [5.74, 6) is -0.216. The van der Waals surface area contributed by atoms with Gasteiger partial charge in [-0.25, -0.2) is 4.98 Å². The monoisotopic (exact) mass is 309 g/mol. The van der Waals surface area contributed by atoms with Crippen molar-refractivity contribution in [1.29, 1.82) is 0 Å². The molecule has 0 aliphatic carbocycles. The maximum absolute atomic E-state index is 10.7. The van der Waals surface area contributed by atoms with Crippen molar-refractivity contribution in [2.45, 2.75) is 11.3 Å². The van der Waals surface area contributed by atoms with Gasteiger partial charge in [0, 0.05) is 21.6 Å². The van der Waals surface area contributed by atoms with Gasteiger partial charge in [-0.3, -0.25) is 4.79 Å². The van der Waals surface area contributed by atoms with Crippen molar-refractivity contribution in [3.63, 3.8) is 0 Å². The topological polar surface area (TPSA) is 50.2 Å². The van der Waals surface area contributed by atoms with E-state index in [1.54, 1.807) is 11.8 Å². The quantitative estimate of drug-likeness (QED) is 0.707. The van der Waals surface area contributed by atoms with Crippen molar-refractivity contribution in [2.24, 2.45) is 0 Å². The first-order chi connectivity index (χ1) is 10.7. The van der Waals surface area contributed by atoms with Crippen LogP contribution in [0.1, 0.15) is 6.42 Å². The molecule has 1 N–H and O–H groups in total. The molecule has 110 valence electrons. The number of rotatable bonds is 5. The summed E-state index contributed by atoms with van der Waals surface area (Å²) in [5, 5.41) is 9.88. The Morgan fingerprint density at radius 3 is 2.55 bits per heavy atom. The van der Waals surface area contributed by atoms with Gasteiger partial charge < -0.3 is 5.11 Å². The molecule has 3 rings (SSSR count). The van der Waals surface area contributed by atoms with E-state index in [4.69, 9.17) is 10.1 Å². The highest BCUT2D eigenvalue weighted by molar-refractivity contribution is 7.99. The van der Waals surface area contributed by atoms with Gasteiger partial charge in [-0.05, 0) is 12.1 Å². The van der Waals surface area contributed by atoms with Crippen LogP contribution in [0.3, 0.4) is 0 Å². The average Bonchev–Trinajstić information content (AvgIpc) is 2.55. The second-order valence-corrected chi connectivity index (χ2v) is 6.02. The first-order valence-corrected chi connectivity index (χ1v) is 8.02. The number of aromatic nitrogens is 1. The van der Waals surface area contributed by atoms with Gasteiger partial charge in [0.05, 0.1) is 17.6 Å². The molecular formula is C18H15NO2S. The summed E-state index contributed by atoms with van der Waals surface area (Å²) in [6.07, 6.45) is 0.155. The van der Waals surface area contributed by atoms with Crippen LogP contribution in [0.25, 0.3) is 22.2 Å². The summed E-state index contributed by atoms with van der Waals surface area (Å²) >= 11 is 1.57. The molecule has 0 spiro atoms. The highest BCUT2D eigenvalue weighted by Crippen LogP contribution is 2.31. The van der Waals surface area contributed by atoms with Crippen LogP contribution in [-0.2, 0) is 4.79 Å². The Bertz CT molecular complexity index is 803. The minimum atomic E-state index is -0.769. The second-order valence-electron chi connectivity index (χ2n) is 4.88. The normalized spacial score (nSPS) is 10.7. The molecule has 0 amide bonds. The van der Waals surface area contributed by atoms with Gasteiger partial charge in [0.2, 0.25) is 0 Å². The molecule has 0 fully saturated rings. The standard InChI is InChI=1S/C18H15NO2S/c20-18(21)10-11-22-17-12-16(13-6-2-1-3-7-13)19-15-9-5-4-8-14(15)17/h1-9,12H,10-11H2,(H,20,21). The van der Waals surface area contributed by atoms with Crippen molar-refractivity contribution >= 4 is 28.6 Å². The molecule has 4 heteroatoms. The molecule has 1 aromatic heterocycles. The number of thioether (sulfide) groups is 1. The Labute approximate surface area is 133 Å². The van der Waals surface area contributed by atoms with E-state index < -0.39 is 5.97 Å². The summed E-state index contributed by atoms with van der Waals surface area (Å²) in [5.41, 5.74) is 2.91. The van der Waals surface area contributed by atoms with Gasteiger partial charge in [0.15, 0.2) is 0 Å². The van der Waals surface area contributed by atoms with E-state index in [0.29, 0.717) is 5.75 Å². The molecule has 3 aromatic rings. The zero-order valence-corrected chi connectivity index (χ0v) is 12.7. The highest BCUT2D eigenvalue weighted by Gasteiger charge is 2.08. The minimum absolute atomic E-state index is 0.155. The van der Waals surface area contributed by atoms with Gasteiger partial charge in [-0.1, -0.05) is 48.5 Å². The number of hydrogen-bond donors (Lipinski definition) is 1. The Balaban J connectivity index is 2.02. The van der Waals surface area contributed by atoms with Gasteiger partial charge in [-0.15, -0.1) is 11.8 Å². The number of carboxylic acids is 1. The molecule has 1 heterocycles. The van der Waals surface area contributed by atoms with E-state index in [2.05, 4.69) is 0 Å². The summed E-state index contributed by atoms with van der Waals surface area (Å²) in [6, 6.07) is 20.0. The molecule has 0 radical (unpaired) electrons. The molecule has 0 aliphatic rings. The third-order valence-corrected chi connectivity index (χ3v) is 4.38. The SMILES string of the molecule is O=C(O)CCSc1cc(-c2ccccc2)nc2ccccc12. The predicted octanol–water partition coefficient (Wildman–Crippen LogP) is 4.47. The zero-order chi connectivity index (χ0) is 15.4. The van der Waals surface area contributed by atoms with Gasteiger partial charge >= 0.3 is 5.97 Å². The number of aliphatic carboxylic acids is 1. The van der Waals surface area contributed by atoms with Crippen LogP contribution < -0.4 is 0 Å². The summed E-state index contributed by atoms with van der Waals surface area (Å²) < 4.78 is 0. The summed E-state index contributed by atoms with van der Waals surface area (Å²) in [4.78, 5) is 16.5. The summed E-state index contributed by atoms with van der Waals surface area (Å²) in [6.45, 7) is 0. The van der Waals surface area contributed by atoms with Crippen molar-refractivity contribution in [3.8, 4) is 11.3 Å². The van der Waals surface area contributed by atoms with Gasteiger partial charge in [-0.2, -0.15) is 0 Å². The fraction of sp³-hybridized carbons (Fsp3) is 0.111. The minimum Gasteiger partial charge on any atom is -0.481 e. The molecular weight excluding hydrogens is 294 g/mol. The number of carboxylic acid groups (broad SMARTS) is 1. The fourth-order valence-corrected chi connectivity index (χ4v) is 3.29. The number of pyridine rings is 1. The number of para-hydroxylation sites is 1. The predicted molar refractivity (Wildman–Crippen MR) is 90.2 cm³/mol. The molecule has 2 aromatic carbocycles. The molecule has 22 heavy (non-hydrogen) atoms. The van der Waals surface area contributed by atoms with Crippen molar-refractivity contribution in [3.05, 3.63) is 60.7 Å². The van der Waals surface area contributed by atoms with Crippen LogP contribution in [0.15, 0.2) is 65.6 Å². The lowest BCUT2D eigenvalue weighted by atomic mass is 10.1. The molecule has 3 nitrogen and oxygen atoms in total. The maximum Gasteiger partial charge on any atom is 0.304 e. The van der Waals surface area contributed by atoms with Crippen molar-refractivity contribution in [2.75, 3.05) is 5.75 Å². The first kappa shape index (κ1) is 14.6. The lowest BCUT2D eigenvalue weighted by Crippen LogP contribution is -1.96. The van der Waals surface area contributed by atoms with Crippen LogP contribution in [0.4, 0.5) is 0 Å². The van der Waals surface area contributed by atoms with Crippen molar-refractivity contribution < 1.29 is 9.90 Å². The van der Waals surface area contributed by atoms with Crippen LogP contribution in [-0.4, -0.2) is 21.8 Å². The number of carbonyl (C=O) groups is 1. The molecule has 0 bridgehead atoms. The van der Waals surface area contributed by atoms with Crippen molar-refractivity contribution in [1.82, 2.24) is 4.98 Å². The van der Waals surface area contributed by atoms with E-state index in [0.717, 1.165) is 27.1 Å². The number of benzene rings is 2. The maximum atomic E-state index is 10.7. The molecule has 0 saturated heterocycles. The van der Waals surface area contributed by atoms with E-state index in [1.165, 1.54) is 0 Å². The molecule has 0 unspecified atom stereocenters. The van der Waals surface area contributed by atoms with Crippen LogP contribution in [0.5, 0.6) is 0 Å². The zero-order valence-electron chi connectivity index (χ0n) is 11.9. The third-order valence-electron chi connectivity index (χ3n) is 3.32. The Morgan fingerprint density at radius 2 is 1.77 bits per heavy atom. The average molecular weight is 309 g/mol. The Hall–Kier alpha value is -2.33. The first-order valence-electron chi connectivity index (χ1n) is 7.04. The number of hydrogen-bond acceptors (Lipinski definition) is 3. The van der Waals surface area contributed by atoms with Crippen LogP contribution in [0.2, 0.25) is 0 Å². The van der Waals surface area contributed by atoms with E-state index in [9.17, 15) is 4.79 Å². The molecule has 0 saturated carbocycles. The molecule has 0 aliphatic heterocycles. The third kappa shape index (κ3) is 3.28. The second kappa shape index (κ2) is 6.62. The van der Waals surface area contributed by atoms with Gasteiger partial charge in [0.25, 0.3) is 0 Å². The largest absolute Gasteiger partial charge is 0.481 e. The van der Waals surface area contributed by atoms with Gasteiger partial charge in [0.1, 0.15) is 0 Å². The van der Waals surface area contributed by atoms with E-state index in [1.807, 2.05) is 60.7 Å². The fourth-order valence-electron chi connectivity index (χ4n) is 2.27. The smallest absolute Gasteiger partial charge is 0.304 e. The van der Waals surface area contributed by atoms with Crippen LogP contribution >= 0.6 is 11.8 Å². The lowest BCUT2D eigenvalue weighted by molar-refractivity contribution is -0.136. The van der Waals surface area contributed by atoms with E-state index in [-0.39, 0.29) is 6.42 Å². The number of fused-ring (bicyclic) bond motifs is 1. The summed E-state index contributed by atoms with van der Waals surface area (Å²) in [7, 11) is 0. The van der Waals surface area contributed by atoms with E-state index >= 15 is 0 Å².